The Morgan fingerprint density at radius 1 is 0.893 bits per heavy atom. The van der Waals surface area contributed by atoms with Crippen LogP contribution in [0.1, 0.15) is 27.0 Å². The normalized spacial score (nSPS) is 14.6. The molecule has 1 aliphatic heterocycles. The van der Waals surface area contributed by atoms with E-state index in [1.54, 1.807) is 0 Å². The van der Waals surface area contributed by atoms with Gasteiger partial charge in [-0.15, -0.1) is 0 Å². The molecule has 0 atom stereocenters. The van der Waals surface area contributed by atoms with Crippen molar-refractivity contribution in [3.63, 3.8) is 0 Å². The Morgan fingerprint density at radius 2 is 1.61 bits per heavy atom. The number of ether oxygens (including phenoxy) is 1. The standard InChI is InChI=1S/C24H16O4/c1-13-7-18-20(8-14(13)2)27-12-17(23(18)25)11-22-24(26)19-9-15-5-3-4-6-16(15)10-21(19)28-22/h3-12H,1-2H3/b22-11-. The highest BCUT2D eigenvalue weighted by Gasteiger charge is 2.28. The number of carbonyl (C=O) groups excluding carboxylic acids is 1. The van der Waals surface area contributed by atoms with Crippen LogP contribution in [0.3, 0.4) is 0 Å². The number of allylic oxidation sites excluding steroid dienone is 1. The molecule has 0 radical (unpaired) electrons. The van der Waals surface area contributed by atoms with E-state index in [0.717, 1.165) is 21.9 Å². The van der Waals surface area contributed by atoms with Gasteiger partial charge in [-0.05, 0) is 66.1 Å². The molecule has 0 unspecified atom stereocenters. The highest BCUT2D eigenvalue weighted by molar-refractivity contribution is 6.16. The summed E-state index contributed by atoms with van der Waals surface area (Å²) >= 11 is 0. The minimum atomic E-state index is -0.236. The fourth-order valence-corrected chi connectivity index (χ4v) is 3.52. The second-order valence-corrected chi connectivity index (χ2v) is 7.09. The van der Waals surface area contributed by atoms with Crippen LogP contribution in [0.2, 0.25) is 0 Å². The lowest BCUT2D eigenvalue weighted by Gasteiger charge is -2.04. The summed E-state index contributed by atoms with van der Waals surface area (Å²) in [5.41, 5.74) is 3.20. The summed E-state index contributed by atoms with van der Waals surface area (Å²) in [5.74, 6) is 0.396. The Labute approximate surface area is 160 Å². The molecule has 1 aromatic heterocycles. The summed E-state index contributed by atoms with van der Waals surface area (Å²) in [6.07, 6.45) is 2.84. The summed E-state index contributed by atoms with van der Waals surface area (Å²) in [4.78, 5) is 25.7. The van der Waals surface area contributed by atoms with Crippen LogP contribution >= 0.6 is 0 Å². The molecule has 28 heavy (non-hydrogen) atoms. The van der Waals surface area contributed by atoms with Gasteiger partial charge in [-0.1, -0.05) is 24.3 Å². The maximum atomic E-state index is 12.9. The van der Waals surface area contributed by atoms with E-state index in [2.05, 4.69) is 0 Å². The van der Waals surface area contributed by atoms with Crippen molar-refractivity contribution in [1.82, 2.24) is 0 Å². The Hall–Kier alpha value is -3.66. The highest BCUT2D eigenvalue weighted by atomic mass is 16.5. The molecule has 0 amide bonds. The van der Waals surface area contributed by atoms with E-state index in [-0.39, 0.29) is 22.5 Å². The number of rotatable bonds is 1. The smallest absolute Gasteiger partial charge is 0.231 e. The number of hydrogen-bond acceptors (Lipinski definition) is 4. The molecule has 5 rings (SSSR count). The molecule has 0 fully saturated rings. The summed E-state index contributed by atoms with van der Waals surface area (Å²) in [6, 6.07) is 15.1. The van der Waals surface area contributed by atoms with Gasteiger partial charge in [0.2, 0.25) is 5.78 Å². The zero-order chi connectivity index (χ0) is 19.4. The van der Waals surface area contributed by atoms with Crippen molar-refractivity contribution in [2.75, 3.05) is 0 Å². The van der Waals surface area contributed by atoms with Crippen molar-refractivity contribution in [1.29, 1.82) is 0 Å². The van der Waals surface area contributed by atoms with E-state index in [1.165, 1.54) is 12.3 Å². The summed E-state index contributed by atoms with van der Waals surface area (Å²) in [7, 11) is 0. The van der Waals surface area contributed by atoms with E-state index in [4.69, 9.17) is 9.15 Å². The molecule has 0 bridgehead atoms. The van der Waals surface area contributed by atoms with Crippen LogP contribution in [0.15, 0.2) is 69.8 Å². The maximum absolute atomic E-state index is 12.9. The van der Waals surface area contributed by atoms with E-state index in [1.807, 2.05) is 62.4 Å². The second kappa shape index (κ2) is 5.92. The third kappa shape index (κ3) is 2.46. The molecule has 0 spiro atoms. The first-order valence-corrected chi connectivity index (χ1v) is 9.01. The minimum absolute atomic E-state index is 0.126. The molecule has 0 aliphatic carbocycles. The van der Waals surface area contributed by atoms with Crippen molar-refractivity contribution in [3.8, 4) is 5.75 Å². The topological polar surface area (TPSA) is 56.5 Å². The van der Waals surface area contributed by atoms with Crippen molar-refractivity contribution < 1.29 is 13.9 Å². The van der Waals surface area contributed by atoms with Gasteiger partial charge in [0.15, 0.2) is 11.2 Å². The van der Waals surface area contributed by atoms with Crippen LogP contribution in [0, 0.1) is 13.8 Å². The summed E-state index contributed by atoms with van der Waals surface area (Å²) < 4.78 is 11.4. The number of ketones is 1. The third-order valence-electron chi connectivity index (χ3n) is 5.24. The Balaban J connectivity index is 1.62. The van der Waals surface area contributed by atoms with Crippen LogP contribution in [-0.2, 0) is 0 Å². The Bertz CT molecular complexity index is 1390. The molecule has 4 heteroatoms. The van der Waals surface area contributed by atoms with Crippen molar-refractivity contribution in [2.24, 2.45) is 0 Å². The first-order valence-electron chi connectivity index (χ1n) is 9.01. The monoisotopic (exact) mass is 368 g/mol. The largest absolute Gasteiger partial charge is 0.463 e. The van der Waals surface area contributed by atoms with Gasteiger partial charge < -0.3 is 9.15 Å². The van der Waals surface area contributed by atoms with E-state index < -0.39 is 0 Å². The lowest BCUT2D eigenvalue weighted by Crippen LogP contribution is -2.08. The molecule has 1 aliphatic rings. The number of hydrogen-bond donors (Lipinski definition) is 0. The number of Topliss-reactive ketones (excluding diaryl/α,β-unsaturated/α-hetero) is 1. The number of carbonyl (C=O) groups is 1. The summed E-state index contributed by atoms with van der Waals surface area (Å²) in [5, 5.41) is 2.45. The number of fused-ring (bicyclic) bond motifs is 3. The first-order chi connectivity index (χ1) is 13.5. The lowest BCUT2D eigenvalue weighted by molar-refractivity contribution is 0.101. The van der Waals surface area contributed by atoms with E-state index in [9.17, 15) is 9.59 Å². The predicted octanol–water partition coefficient (Wildman–Crippen LogP) is 5.18. The molecule has 0 saturated heterocycles. The molecular formula is C24H16O4. The second-order valence-electron chi connectivity index (χ2n) is 7.09. The van der Waals surface area contributed by atoms with Crippen molar-refractivity contribution >= 4 is 33.6 Å². The van der Waals surface area contributed by atoms with Crippen LogP contribution < -0.4 is 10.2 Å². The van der Waals surface area contributed by atoms with Crippen LogP contribution in [0.4, 0.5) is 0 Å². The molecule has 0 saturated carbocycles. The van der Waals surface area contributed by atoms with Crippen molar-refractivity contribution in [2.45, 2.75) is 13.8 Å². The van der Waals surface area contributed by atoms with E-state index >= 15 is 0 Å². The van der Waals surface area contributed by atoms with Gasteiger partial charge in [0, 0.05) is 0 Å². The average Bonchev–Trinajstić information content (AvgIpc) is 2.99. The third-order valence-corrected chi connectivity index (χ3v) is 5.24. The molecule has 4 aromatic rings. The SMILES string of the molecule is Cc1cc2occ(/C=C3\Oc4cc5ccccc5cc4C3=O)c(=O)c2cc1C. The Kier molecular flexibility index (Phi) is 3.49. The number of aryl methyl sites for hydroxylation is 2. The predicted molar refractivity (Wildman–Crippen MR) is 109 cm³/mol. The van der Waals surface area contributed by atoms with Gasteiger partial charge in [-0.2, -0.15) is 0 Å². The van der Waals surface area contributed by atoms with Gasteiger partial charge >= 0.3 is 0 Å². The first kappa shape index (κ1) is 16.5. The quantitative estimate of drug-likeness (QED) is 0.435. The molecule has 2 heterocycles. The summed E-state index contributed by atoms with van der Waals surface area (Å²) in [6.45, 7) is 3.92. The maximum Gasteiger partial charge on any atom is 0.231 e. The van der Waals surface area contributed by atoms with E-state index in [0.29, 0.717) is 22.3 Å². The molecule has 4 nitrogen and oxygen atoms in total. The molecule has 0 N–H and O–H groups in total. The lowest BCUT2D eigenvalue weighted by atomic mass is 10.0. The van der Waals surface area contributed by atoms with Gasteiger partial charge in [0.05, 0.1) is 16.5 Å². The highest BCUT2D eigenvalue weighted by Crippen LogP contribution is 2.35. The van der Waals surface area contributed by atoms with Gasteiger partial charge in [0.1, 0.15) is 17.6 Å². The van der Waals surface area contributed by atoms with Crippen molar-refractivity contribution in [3.05, 3.63) is 93.0 Å². The van der Waals surface area contributed by atoms with Crippen LogP contribution in [0.5, 0.6) is 5.75 Å². The van der Waals surface area contributed by atoms with Gasteiger partial charge in [0.25, 0.3) is 0 Å². The van der Waals surface area contributed by atoms with Gasteiger partial charge in [-0.3, -0.25) is 9.59 Å². The molecular weight excluding hydrogens is 352 g/mol. The zero-order valence-electron chi connectivity index (χ0n) is 15.4. The Morgan fingerprint density at radius 3 is 2.39 bits per heavy atom. The molecule has 3 aromatic carbocycles. The van der Waals surface area contributed by atoms with Crippen LogP contribution in [0.25, 0.3) is 27.8 Å². The van der Waals surface area contributed by atoms with Crippen LogP contribution in [-0.4, -0.2) is 5.78 Å². The fourth-order valence-electron chi connectivity index (χ4n) is 3.52. The van der Waals surface area contributed by atoms with Gasteiger partial charge in [-0.25, -0.2) is 0 Å². The minimum Gasteiger partial charge on any atom is -0.463 e. The molecule has 136 valence electrons. The fraction of sp³-hybridized carbons (Fsp3) is 0.0833. The number of benzene rings is 3. The zero-order valence-corrected chi connectivity index (χ0v) is 15.4. The average molecular weight is 368 g/mol.